The molecule has 23 heavy (non-hydrogen) atoms. The molecule has 1 N–H and O–H groups in total. The van der Waals surface area contributed by atoms with Crippen molar-refractivity contribution in [3.05, 3.63) is 35.7 Å². The van der Waals surface area contributed by atoms with E-state index >= 15 is 0 Å². The molecule has 0 aliphatic heterocycles. The number of fused-ring (bicyclic) bond motifs is 1. The summed E-state index contributed by atoms with van der Waals surface area (Å²) >= 11 is 0. The minimum atomic E-state index is 0.205. The van der Waals surface area contributed by atoms with Crippen molar-refractivity contribution in [3.8, 4) is 11.4 Å². The summed E-state index contributed by atoms with van der Waals surface area (Å²) in [5, 5.41) is 7.86. The second kappa shape index (κ2) is 6.14. The number of hydrogen-bond acceptors (Lipinski definition) is 3. The Morgan fingerprint density at radius 2 is 2.13 bits per heavy atom. The number of nitrogens with one attached hydrogen (secondary N) is 1. The van der Waals surface area contributed by atoms with Gasteiger partial charge in [0.15, 0.2) is 0 Å². The van der Waals surface area contributed by atoms with E-state index in [0.29, 0.717) is 6.54 Å². The van der Waals surface area contributed by atoms with E-state index in [0.717, 1.165) is 43.6 Å². The summed E-state index contributed by atoms with van der Waals surface area (Å²) in [5.41, 5.74) is 4.65. The standard InChI is InChI=1S/C18H22N4O/c23-18(13-8-9-13)20-11-12-22-16-7-2-1-5-14(16)17(21-22)15-6-3-4-10-19-15/h3-4,6,10,13H,1-2,5,7-9,11-12H2,(H,20,23). The van der Waals surface area contributed by atoms with Crippen LogP contribution in [0.2, 0.25) is 0 Å². The maximum Gasteiger partial charge on any atom is 0.223 e. The van der Waals surface area contributed by atoms with Gasteiger partial charge in [0.2, 0.25) is 5.91 Å². The van der Waals surface area contributed by atoms with Gasteiger partial charge in [-0.15, -0.1) is 0 Å². The summed E-state index contributed by atoms with van der Waals surface area (Å²) < 4.78 is 2.09. The van der Waals surface area contributed by atoms with Crippen LogP contribution in [0.3, 0.4) is 0 Å². The minimum absolute atomic E-state index is 0.205. The summed E-state index contributed by atoms with van der Waals surface area (Å²) in [7, 11) is 0. The van der Waals surface area contributed by atoms with Crippen LogP contribution in [0.4, 0.5) is 0 Å². The molecule has 0 bridgehead atoms. The summed E-state index contributed by atoms with van der Waals surface area (Å²) in [4.78, 5) is 16.2. The Morgan fingerprint density at radius 1 is 1.26 bits per heavy atom. The van der Waals surface area contributed by atoms with Crippen molar-refractivity contribution >= 4 is 5.91 Å². The molecule has 0 radical (unpaired) electrons. The summed E-state index contributed by atoms with van der Waals surface area (Å²) in [5.74, 6) is 0.474. The van der Waals surface area contributed by atoms with Crippen LogP contribution in [0, 0.1) is 5.92 Å². The first kappa shape index (κ1) is 14.4. The first-order chi connectivity index (χ1) is 11.3. The maximum absolute atomic E-state index is 11.8. The Balaban J connectivity index is 1.54. The van der Waals surface area contributed by atoms with Gasteiger partial charge in [-0.3, -0.25) is 14.5 Å². The van der Waals surface area contributed by atoms with Crippen LogP contribution in [-0.4, -0.2) is 27.2 Å². The lowest BCUT2D eigenvalue weighted by atomic mass is 9.95. The molecule has 0 spiro atoms. The van der Waals surface area contributed by atoms with Crippen LogP contribution in [0.5, 0.6) is 0 Å². The Bertz CT molecular complexity index is 703. The molecule has 0 aromatic carbocycles. The van der Waals surface area contributed by atoms with Crippen LogP contribution >= 0.6 is 0 Å². The quantitative estimate of drug-likeness (QED) is 0.922. The van der Waals surface area contributed by atoms with Crippen LogP contribution in [0.1, 0.15) is 36.9 Å². The van der Waals surface area contributed by atoms with E-state index in [9.17, 15) is 4.79 Å². The van der Waals surface area contributed by atoms with Crippen molar-refractivity contribution in [1.82, 2.24) is 20.1 Å². The number of carbonyl (C=O) groups is 1. The van der Waals surface area contributed by atoms with Crippen LogP contribution < -0.4 is 5.32 Å². The zero-order valence-electron chi connectivity index (χ0n) is 13.3. The zero-order chi connectivity index (χ0) is 15.6. The number of rotatable bonds is 5. The average molecular weight is 310 g/mol. The average Bonchev–Trinajstić information content (AvgIpc) is 3.39. The molecule has 2 aliphatic rings. The molecule has 2 aliphatic carbocycles. The molecule has 4 rings (SSSR count). The second-order valence-electron chi connectivity index (χ2n) is 6.48. The van der Waals surface area contributed by atoms with Gasteiger partial charge in [-0.2, -0.15) is 5.10 Å². The first-order valence-corrected chi connectivity index (χ1v) is 8.60. The van der Waals surface area contributed by atoms with E-state index in [2.05, 4.69) is 15.0 Å². The summed E-state index contributed by atoms with van der Waals surface area (Å²) in [6.07, 6.45) is 8.51. The van der Waals surface area contributed by atoms with Gasteiger partial charge >= 0.3 is 0 Å². The Morgan fingerprint density at radius 3 is 2.91 bits per heavy atom. The van der Waals surface area contributed by atoms with Gasteiger partial charge in [0.1, 0.15) is 5.69 Å². The van der Waals surface area contributed by atoms with E-state index in [1.807, 2.05) is 24.4 Å². The maximum atomic E-state index is 11.8. The topological polar surface area (TPSA) is 59.8 Å². The van der Waals surface area contributed by atoms with Crippen LogP contribution in [0.15, 0.2) is 24.4 Å². The Kier molecular flexibility index (Phi) is 3.85. The molecule has 1 amide bonds. The zero-order valence-corrected chi connectivity index (χ0v) is 13.3. The van der Waals surface area contributed by atoms with Crippen molar-refractivity contribution in [2.24, 2.45) is 5.92 Å². The van der Waals surface area contributed by atoms with E-state index in [1.165, 1.54) is 24.1 Å². The molecule has 0 saturated heterocycles. The highest BCUT2D eigenvalue weighted by Crippen LogP contribution is 2.30. The van der Waals surface area contributed by atoms with Crippen molar-refractivity contribution in [2.75, 3.05) is 6.54 Å². The lowest BCUT2D eigenvalue weighted by Gasteiger charge is -2.14. The van der Waals surface area contributed by atoms with E-state index in [4.69, 9.17) is 5.10 Å². The van der Waals surface area contributed by atoms with E-state index in [1.54, 1.807) is 0 Å². The highest BCUT2D eigenvalue weighted by Gasteiger charge is 2.29. The Labute approximate surface area is 136 Å². The van der Waals surface area contributed by atoms with Crippen LogP contribution in [0.25, 0.3) is 11.4 Å². The fourth-order valence-corrected chi connectivity index (χ4v) is 3.34. The van der Waals surface area contributed by atoms with Crippen LogP contribution in [-0.2, 0) is 24.2 Å². The number of nitrogens with zero attached hydrogens (tertiary/aromatic N) is 3. The third-order valence-corrected chi connectivity index (χ3v) is 4.74. The largest absolute Gasteiger partial charge is 0.354 e. The van der Waals surface area contributed by atoms with Gasteiger partial charge in [0.05, 0.1) is 12.2 Å². The molecular weight excluding hydrogens is 288 g/mol. The fourth-order valence-electron chi connectivity index (χ4n) is 3.34. The lowest BCUT2D eigenvalue weighted by Crippen LogP contribution is -2.29. The van der Waals surface area contributed by atoms with Gasteiger partial charge in [-0.25, -0.2) is 0 Å². The fraction of sp³-hybridized carbons (Fsp3) is 0.500. The number of carbonyl (C=O) groups excluding carboxylic acids is 1. The van der Waals surface area contributed by atoms with Crippen molar-refractivity contribution in [3.63, 3.8) is 0 Å². The molecular formula is C18H22N4O. The van der Waals surface area contributed by atoms with Gasteiger partial charge in [-0.1, -0.05) is 6.07 Å². The smallest absolute Gasteiger partial charge is 0.223 e. The molecule has 5 heteroatoms. The molecule has 2 aromatic heterocycles. The number of hydrogen-bond donors (Lipinski definition) is 1. The monoisotopic (exact) mass is 310 g/mol. The molecule has 2 heterocycles. The van der Waals surface area contributed by atoms with Crippen molar-refractivity contribution < 1.29 is 4.79 Å². The van der Waals surface area contributed by atoms with Crippen molar-refractivity contribution in [1.29, 1.82) is 0 Å². The normalized spacial score (nSPS) is 16.9. The molecule has 0 atom stereocenters. The molecule has 1 saturated carbocycles. The van der Waals surface area contributed by atoms with E-state index < -0.39 is 0 Å². The number of pyridine rings is 1. The summed E-state index contributed by atoms with van der Waals surface area (Å²) in [6, 6.07) is 5.96. The number of aromatic nitrogens is 3. The van der Waals surface area contributed by atoms with E-state index in [-0.39, 0.29) is 11.8 Å². The van der Waals surface area contributed by atoms with Gasteiger partial charge in [0, 0.05) is 29.9 Å². The first-order valence-electron chi connectivity index (χ1n) is 8.60. The third kappa shape index (κ3) is 3.00. The predicted molar refractivity (Wildman–Crippen MR) is 87.8 cm³/mol. The van der Waals surface area contributed by atoms with Gasteiger partial charge in [-0.05, 0) is 50.7 Å². The number of amides is 1. The third-order valence-electron chi connectivity index (χ3n) is 4.74. The van der Waals surface area contributed by atoms with Gasteiger partial charge < -0.3 is 5.32 Å². The second-order valence-corrected chi connectivity index (χ2v) is 6.48. The molecule has 5 nitrogen and oxygen atoms in total. The Hall–Kier alpha value is -2.17. The highest BCUT2D eigenvalue weighted by atomic mass is 16.2. The minimum Gasteiger partial charge on any atom is -0.354 e. The molecule has 1 fully saturated rings. The highest BCUT2D eigenvalue weighted by molar-refractivity contribution is 5.80. The predicted octanol–water partition coefficient (Wildman–Crippen LogP) is 2.35. The SMILES string of the molecule is O=C(NCCn1nc(-c2ccccn2)c2c1CCCC2)C1CC1. The van der Waals surface area contributed by atoms with Gasteiger partial charge in [0.25, 0.3) is 0 Å². The molecule has 0 unspecified atom stereocenters. The summed E-state index contributed by atoms with van der Waals surface area (Å²) in [6.45, 7) is 1.40. The molecule has 2 aromatic rings. The molecule has 120 valence electrons. The lowest BCUT2D eigenvalue weighted by molar-refractivity contribution is -0.122. The van der Waals surface area contributed by atoms with Crippen molar-refractivity contribution in [2.45, 2.75) is 45.1 Å².